The van der Waals surface area contributed by atoms with Crippen LogP contribution in [-0.2, 0) is 4.79 Å². The molecule has 0 aromatic carbocycles. The third-order valence-electron chi connectivity index (χ3n) is 3.69. The van der Waals surface area contributed by atoms with E-state index in [0.29, 0.717) is 0 Å². The highest BCUT2D eigenvalue weighted by atomic mass is 16.3. The van der Waals surface area contributed by atoms with Gasteiger partial charge >= 0.3 is 0 Å². The second-order valence-electron chi connectivity index (χ2n) is 4.82. The van der Waals surface area contributed by atoms with Crippen molar-refractivity contribution in [1.82, 2.24) is 10.2 Å². The van der Waals surface area contributed by atoms with Gasteiger partial charge in [0.25, 0.3) is 0 Å². The average Bonchev–Trinajstić information content (AvgIpc) is 2.35. The van der Waals surface area contributed by atoms with E-state index in [9.17, 15) is 9.90 Å². The number of nitrogens with zero attached hydrogens (tertiary/aromatic N) is 1. The molecule has 0 aromatic rings. The maximum atomic E-state index is 11.9. The van der Waals surface area contributed by atoms with Gasteiger partial charge in [-0.05, 0) is 38.8 Å². The van der Waals surface area contributed by atoms with Crippen molar-refractivity contribution in [2.24, 2.45) is 5.92 Å². The molecule has 0 aromatic heterocycles. The van der Waals surface area contributed by atoms with Crippen molar-refractivity contribution in [3.05, 3.63) is 0 Å². The van der Waals surface area contributed by atoms with Crippen LogP contribution < -0.4 is 5.32 Å². The standard InChI is InChI=1S/C13H26N2O2/c1-3-15(4-2)10-9-14-13(17)11-5-7-12(16)8-6-11/h11-12,16H,3-10H2,1-2H3,(H,14,17). The molecule has 1 fully saturated rings. The first-order valence-corrected chi connectivity index (χ1v) is 6.85. The molecule has 1 aliphatic rings. The summed E-state index contributed by atoms with van der Waals surface area (Å²) in [4.78, 5) is 14.1. The first kappa shape index (κ1) is 14.5. The van der Waals surface area contributed by atoms with E-state index in [2.05, 4.69) is 24.1 Å². The number of carbonyl (C=O) groups excluding carboxylic acids is 1. The molecule has 0 radical (unpaired) electrons. The average molecular weight is 242 g/mol. The van der Waals surface area contributed by atoms with Gasteiger partial charge in [-0.25, -0.2) is 0 Å². The van der Waals surface area contributed by atoms with E-state index in [-0.39, 0.29) is 17.9 Å². The molecular formula is C13H26N2O2. The number of aliphatic hydroxyl groups excluding tert-OH is 1. The first-order chi connectivity index (χ1) is 8.17. The predicted molar refractivity (Wildman–Crippen MR) is 68.8 cm³/mol. The molecule has 0 heterocycles. The topological polar surface area (TPSA) is 52.6 Å². The number of likely N-dealkylation sites (N-methyl/N-ethyl adjacent to an activating group) is 1. The first-order valence-electron chi connectivity index (χ1n) is 6.85. The van der Waals surface area contributed by atoms with Crippen LogP contribution in [0.1, 0.15) is 39.5 Å². The fourth-order valence-electron chi connectivity index (χ4n) is 2.36. The Kier molecular flexibility index (Phi) is 6.52. The Hall–Kier alpha value is -0.610. The normalized spacial score (nSPS) is 24.9. The van der Waals surface area contributed by atoms with E-state index in [0.717, 1.165) is 51.9 Å². The van der Waals surface area contributed by atoms with Gasteiger partial charge in [0.2, 0.25) is 5.91 Å². The highest BCUT2D eigenvalue weighted by Crippen LogP contribution is 2.23. The highest BCUT2D eigenvalue weighted by molar-refractivity contribution is 5.78. The Labute approximate surface area is 104 Å². The van der Waals surface area contributed by atoms with Crippen LogP contribution in [0.15, 0.2) is 0 Å². The molecule has 0 atom stereocenters. The van der Waals surface area contributed by atoms with Crippen LogP contribution in [0.5, 0.6) is 0 Å². The summed E-state index contributed by atoms with van der Waals surface area (Å²) in [6, 6.07) is 0. The molecule has 0 saturated heterocycles. The highest BCUT2D eigenvalue weighted by Gasteiger charge is 2.24. The lowest BCUT2D eigenvalue weighted by molar-refractivity contribution is -0.126. The van der Waals surface area contributed by atoms with Crippen molar-refractivity contribution < 1.29 is 9.90 Å². The number of rotatable bonds is 6. The summed E-state index contributed by atoms with van der Waals surface area (Å²) in [5.41, 5.74) is 0. The third kappa shape index (κ3) is 5.04. The van der Waals surface area contributed by atoms with Gasteiger partial charge in [-0.2, -0.15) is 0 Å². The van der Waals surface area contributed by atoms with Crippen molar-refractivity contribution in [2.75, 3.05) is 26.2 Å². The van der Waals surface area contributed by atoms with Crippen LogP contribution in [-0.4, -0.2) is 48.2 Å². The van der Waals surface area contributed by atoms with Gasteiger partial charge in [-0.3, -0.25) is 4.79 Å². The summed E-state index contributed by atoms with van der Waals surface area (Å²) in [7, 11) is 0. The molecule has 1 aliphatic carbocycles. The quantitative estimate of drug-likeness (QED) is 0.730. The summed E-state index contributed by atoms with van der Waals surface area (Å²) in [5.74, 6) is 0.291. The summed E-state index contributed by atoms with van der Waals surface area (Å²) < 4.78 is 0. The Morgan fingerprint density at radius 3 is 2.35 bits per heavy atom. The fraction of sp³-hybridized carbons (Fsp3) is 0.923. The molecule has 2 N–H and O–H groups in total. The largest absolute Gasteiger partial charge is 0.393 e. The van der Waals surface area contributed by atoms with E-state index < -0.39 is 0 Å². The van der Waals surface area contributed by atoms with Crippen LogP contribution in [0.3, 0.4) is 0 Å². The molecule has 0 unspecified atom stereocenters. The molecule has 1 saturated carbocycles. The van der Waals surface area contributed by atoms with E-state index in [1.165, 1.54) is 0 Å². The Bertz CT molecular complexity index is 221. The van der Waals surface area contributed by atoms with Crippen molar-refractivity contribution >= 4 is 5.91 Å². The summed E-state index contributed by atoms with van der Waals surface area (Å²) in [5, 5.41) is 12.4. The number of hydrogen-bond donors (Lipinski definition) is 2. The molecule has 0 aliphatic heterocycles. The molecular weight excluding hydrogens is 216 g/mol. The Morgan fingerprint density at radius 1 is 1.24 bits per heavy atom. The van der Waals surface area contributed by atoms with Gasteiger partial charge in [0.1, 0.15) is 0 Å². The second kappa shape index (κ2) is 7.67. The van der Waals surface area contributed by atoms with E-state index in [1.54, 1.807) is 0 Å². The lowest BCUT2D eigenvalue weighted by Crippen LogP contribution is -2.39. The molecule has 1 rings (SSSR count). The van der Waals surface area contributed by atoms with Gasteiger partial charge in [0, 0.05) is 19.0 Å². The Morgan fingerprint density at radius 2 is 1.82 bits per heavy atom. The van der Waals surface area contributed by atoms with E-state index >= 15 is 0 Å². The molecule has 1 amide bonds. The summed E-state index contributed by atoms with van der Waals surface area (Å²) >= 11 is 0. The number of carbonyl (C=O) groups is 1. The van der Waals surface area contributed by atoms with Crippen molar-refractivity contribution in [2.45, 2.75) is 45.6 Å². The zero-order valence-corrected chi connectivity index (χ0v) is 11.1. The zero-order chi connectivity index (χ0) is 12.7. The summed E-state index contributed by atoms with van der Waals surface area (Å²) in [6.45, 7) is 7.99. The van der Waals surface area contributed by atoms with Gasteiger partial charge < -0.3 is 15.3 Å². The second-order valence-corrected chi connectivity index (χ2v) is 4.82. The zero-order valence-electron chi connectivity index (χ0n) is 11.1. The predicted octanol–water partition coefficient (Wildman–Crippen LogP) is 0.995. The van der Waals surface area contributed by atoms with Crippen LogP contribution in [0.4, 0.5) is 0 Å². The van der Waals surface area contributed by atoms with Crippen molar-refractivity contribution in [1.29, 1.82) is 0 Å². The van der Waals surface area contributed by atoms with Crippen molar-refractivity contribution in [3.8, 4) is 0 Å². The number of nitrogens with one attached hydrogen (secondary N) is 1. The molecule has 17 heavy (non-hydrogen) atoms. The van der Waals surface area contributed by atoms with Gasteiger partial charge in [-0.15, -0.1) is 0 Å². The summed E-state index contributed by atoms with van der Waals surface area (Å²) in [6.07, 6.45) is 3.02. The SMILES string of the molecule is CCN(CC)CCNC(=O)C1CCC(O)CC1. The lowest BCUT2D eigenvalue weighted by atomic mass is 9.87. The fourth-order valence-corrected chi connectivity index (χ4v) is 2.36. The van der Waals surface area contributed by atoms with E-state index in [1.807, 2.05) is 0 Å². The minimum atomic E-state index is -0.185. The number of amides is 1. The lowest BCUT2D eigenvalue weighted by Gasteiger charge is -2.25. The molecule has 0 spiro atoms. The smallest absolute Gasteiger partial charge is 0.223 e. The van der Waals surface area contributed by atoms with Gasteiger partial charge in [-0.1, -0.05) is 13.8 Å². The maximum Gasteiger partial charge on any atom is 0.223 e. The van der Waals surface area contributed by atoms with Gasteiger partial charge in [0.15, 0.2) is 0 Å². The number of hydrogen-bond acceptors (Lipinski definition) is 3. The molecule has 100 valence electrons. The van der Waals surface area contributed by atoms with Crippen molar-refractivity contribution in [3.63, 3.8) is 0 Å². The third-order valence-corrected chi connectivity index (χ3v) is 3.69. The number of aliphatic hydroxyl groups is 1. The van der Waals surface area contributed by atoms with E-state index in [4.69, 9.17) is 0 Å². The van der Waals surface area contributed by atoms with Crippen LogP contribution >= 0.6 is 0 Å². The van der Waals surface area contributed by atoms with Crippen LogP contribution in [0.2, 0.25) is 0 Å². The monoisotopic (exact) mass is 242 g/mol. The van der Waals surface area contributed by atoms with Crippen LogP contribution in [0, 0.1) is 5.92 Å². The molecule has 4 heteroatoms. The van der Waals surface area contributed by atoms with Crippen LogP contribution in [0.25, 0.3) is 0 Å². The molecule has 4 nitrogen and oxygen atoms in total. The molecule has 0 bridgehead atoms. The minimum Gasteiger partial charge on any atom is -0.393 e. The Balaban J connectivity index is 2.16. The minimum absolute atomic E-state index is 0.120. The van der Waals surface area contributed by atoms with Gasteiger partial charge in [0.05, 0.1) is 6.10 Å². The maximum absolute atomic E-state index is 11.9.